The van der Waals surface area contributed by atoms with Crippen molar-refractivity contribution in [3.63, 3.8) is 0 Å². The summed E-state index contributed by atoms with van der Waals surface area (Å²) in [5.74, 6) is -0.552. The fraction of sp³-hybridized carbons (Fsp3) is 0.182. The Bertz CT molecular complexity index is 538. The van der Waals surface area contributed by atoms with Gasteiger partial charge in [-0.25, -0.2) is 4.98 Å². The zero-order chi connectivity index (χ0) is 12.3. The predicted octanol–water partition coefficient (Wildman–Crippen LogP) is 3.96. The largest absolute Gasteiger partial charge is 0.395 e. The molecule has 1 aromatic carbocycles. The number of hydrogen-bond donors (Lipinski definition) is 0. The van der Waals surface area contributed by atoms with E-state index in [1.54, 1.807) is 12.1 Å². The fourth-order valence-electron chi connectivity index (χ4n) is 1.27. The van der Waals surface area contributed by atoms with Crippen molar-refractivity contribution in [2.75, 3.05) is 6.61 Å². The summed E-state index contributed by atoms with van der Waals surface area (Å²) in [5.41, 5.74) is 0.608. The third-order valence-electron chi connectivity index (χ3n) is 1.99. The molecule has 90 valence electrons. The van der Waals surface area contributed by atoms with Gasteiger partial charge in [0.2, 0.25) is 12.3 Å². The number of fused-ring (bicyclic) bond motifs is 1. The van der Waals surface area contributed by atoms with Gasteiger partial charge in [0.05, 0.1) is 12.1 Å². The average Bonchev–Trinajstić information content (AvgIpc) is 2.31. The maximum Gasteiger partial charge on any atom is 0.257 e. The monoisotopic (exact) mass is 365 g/mol. The smallest absolute Gasteiger partial charge is 0.257 e. The van der Waals surface area contributed by atoms with Crippen molar-refractivity contribution in [1.29, 1.82) is 0 Å². The Morgan fingerprint density at radius 1 is 1.41 bits per heavy atom. The number of nitrogens with zero attached hydrogens (tertiary/aromatic N) is 1. The van der Waals surface area contributed by atoms with Crippen LogP contribution in [-0.2, 0) is 4.18 Å². The summed E-state index contributed by atoms with van der Waals surface area (Å²) in [7, 11) is 0. The molecule has 2 rings (SSSR count). The Kier molecular flexibility index (Phi) is 4.41. The normalized spacial score (nSPS) is 10.8. The molecular formula is C11H9FINO2S. The molecule has 0 saturated heterocycles. The van der Waals surface area contributed by atoms with Crippen LogP contribution >= 0.6 is 34.9 Å². The summed E-state index contributed by atoms with van der Waals surface area (Å²) in [5, 5.41) is 0.838. The molecule has 0 aliphatic rings. The highest BCUT2D eigenvalue weighted by atomic mass is 127. The van der Waals surface area contributed by atoms with Gasteiger partial charge in [0, 0.05) is 8.96 Å². The van der Waals surface area contributed by atoms with Gasteiger partial charge in [-0.1, -0.05) is 0 Å². The van der Waals surface area contributed by atoms with E-state index in [0.717, 1.165) is 21.3 Å². The number of benzene rings is 1. The molecule has 0 aliphatic heterocycles. The minimum absolute atomic E-state index is 0.0814. The topological polar surface area (TPSA) is 31.4 Å². The quantitative estimate of drug-likeness (QED) is 0.355. The van der Waals surface area contributed by atoms with E-state index in [4.69, 9.17) is 8.37 Å². The molecule has 0 atom stereocenters. The van der Waals surface area contributed by atoms with Crippen LogP contribution in [0.2, 0.25) is 0 Å². The van der Waals surface area contributed by atoms with Gasteiger partial charge in [0.25, 0.3) is 5.95 Å². The van der Waals surface area contributed by atoms with Crippen LogP contribution in [0.5, 0.6) is 5.75 Å². The minimum atomic E-state index is -0.633. The third kappa shape index (κ3) is 3.20. The summed E-state index contributed by atoms with van der Waals surface area (Å²) >= 11 is 2.94. The molecule has 0 bridgehead atoms. The van der Waals surface area contributed by atoms with Gasteiger partial charge in [-0.15, -0.1) is 0 Å². The first kappa shape index (κ1) is 12.8. The number of hydrogen-bond acceptors (Lipinski definition) is 4. The SMILES string of the molecule is CCOSOc1cc2cc(I)ccc2nc1F. The van der Waals surface area contributed by atoms with Gasteiger partial charge in [-0.2, -0.15) is 4.39 Å². The lowest BCUT2D eigenvalue weighted by molar-refractivity contribution is 0.364. The molecule has 0 fully saturated rings. The van der Waals surface area contributed by atoms with Crippen LogP contribution in [0.4, 0.5) is 4.39 Å². The van der Waals surface area contributed by atoms with Gasteiger partial charge in [0.1, 0.15) is 0 Å². The van der Waals surface area contributed by atoms with Crippen molar-refractivity contribution in [2.45, 2.75) is 6.92 Å². The van der Waals surface area contributed by atoms with E-state index in [-0.39, 0.29) is 5.75 Å². The Morgan fingerprint density at radius 3 is 3.00 bits per heavy atom. The van der Waals surface area contributed by atoms with Crippen molar-refractivity contribution in [2.24, 2.45) is 0 Å². The highest BCUT2D eigenvalue weighted by Gasteiger charge is 2.09. The third-order valence-corrected chi connectivity index (χ3v) is 3.24. The molecule has 6 heteroatoms. The van der Waals surface area contributed by atoms with Crippen molar-refractivity contribution < 1.29 is 12.8 Å². The molecule has 0 aliphatic carbocycles. The molecule has 0 radical (unpaired) electrons. The van der Waals surface area contributed by atoms with Crippen LogP contribution in [0.25, 0.3) is 10.9 Å². The first-order chi connectivity index (χ1) is 8.20. The fourth-order valence-corrected chi connectivity index (χ4v) is 2.12. The molecule has 3 nitrogen and oxygen atoms in total. The molecule has 0 amide bonds. The molecular weight excluding hydrogens is 356 g/mol. The van der Waals surface area contributed by atoms with Gasteiger partial charge in [0.15, 0.2) is 5.75 Å². The zero-order valence-corrected chi connectivity index (χ0v) is 11.9. The Hall–Kier alpha value is -0.600. The van der Waals surface area contributed by atoms with Crippen LogP contribution in [0.3, 0.4) is 0 Å². The van der Waals surface area contributed by atoms with E-state index >= 15 is 0 Å². The Morgan fingerprint density at radius 2 is 2.24 bits per heavy atom. The summed E-state index contributed by atoms with van der Waals surface area (Å²) in [4.78, 5) is 3.83. The first-order valence-corrected chi connectivity index (χ1v) is 6.67. The van der Waals surface area contributed by atoms with Crippen molar-refractivity contribution >= 4 is 45.8 Å². The van der Waals surface area contributed by atoms with Crippen LogP contribution < -0.4 is 4.18 Å². The van der Waals surface area contributed by atoms with E-state index < -0.39 is 5.95 Å². The van der Waals surface area contributed by atoms with E-state index in [1.807, 2.05) is 19.1 Å². The highest BCUT2D eigenvalue weighted by Crippen LogP contribution is 2.26. The van der Waals surface area contributed by atoms with Crippen LogP contribution in [0, 0.1) is 9.52 Å². The number of aromatic nitrogens is 1. The summed E-state index contributed by atoms with van der Waals surface area (Å²) in [6.07, 6.45) is 0. The average molecular weight is 365 g/mol. The lowest BCUT2D eigenvalue weighted by atomic mass is 10.2. The van der Waals surface area contributed by atoms with Crippen molar-refractivity contribution in [3.8, 4) is 5.75 Å². The van der Waals surface area contributed by atoms with Crippen LogP contribution in [0.15, 0.2) is 24.3 Å². The van der Waals surface area contributed by atoms with E-state index in [2.05, 4.69) is 27.6 Å². The van der Waals surface area contributed by atoms with Gasteiger partial charge in [-0.3, -0.25) is 4.18 Å². The molecule has 1 heterocycles. The maximum absolute atomic E-state index is 13.5. The number of pyridine rings is 1. The lowest BCUT2D eigenvalue weighted by Gasteiger charge is -2.05. The molecule has 0 saturated carbocycles. The Labute approximate surface area is 116 Å². The van der Waals surface area contributed by atoms with Crippen molar-refractivity contribution in [1.82, 2.24) is 4.98 Å². The van der Waals surface area contributed by atoms with Gasteiger partial charge >= 0.3 is 0 Å². The number of rotatable bonds is 4. The molecule has 0 N–H and O–H groups in total. The minimum Gasteiger partial charge on any atom is -0.395 e. The van der Waals surface area contributed by atoms with E-state index in [0.29, 0.717) is 12.1 Å². The van der Waals surface area contributed by atoms with Crippen LogP contribution in [0.1, 0.15) is 6.92 Å². The van der Waals surface area contributed by atoms with E-state index in [9.17, 15) is 4.39 Å². The zero-order valence-electron chi connectivity index (χ0n) is 8.94. The first-order valence-electron chi connectivity index (χ1n) is 4.92. The maximum atomic E-state index is 13.5. The summed E-state index contributed by atoms with van der Waals surface area (Å²) < 4.78 is 24.6. The van der Waals surface area contributed by atoms with Crippen molar-refractivity contribution in [3.05, 3.63) is 33.8 Å². The van der Waals surface area contributed by atoms with E-state index in [1.165, 1.54) is 0 Å². The Balaban J connectivity index is 2.32. The predicted molar refractivity (Wildman–Crippen MR) is 74.3 cm³/mol. The van der Waals surface area contributed by atoms with Crippen LogP contribution in [-0.4, -0.2) is 11.6 Å². The summed E-state index contributed by atoms with van der Waals surface area (Å²) in [6, 6.07) is 7.19. The lowest BCUT2D eigenvalue weighted by Crippen LogP contribution is -1.93. The number of halogens is 2. The standard InChI is InChI=1S/C11H9FINO2S/c1-2-15-17-16-10-6-7-5-8(13)3-4-9(7)14-11(10)12/h3-6H,2H2,1H3. The molecule has 0 spiro atoms. The second-order valence-corrected chi connectivity index (χ2v) is 4.96. The van der Waals surface area contributed by atoms with Gasteiger partial charge in [-0.05, 0) is 53.8 Å². The van der Waals surface area contributed by atoms with Gasteiger partial charge < -0.3 is 4.18 Å². The molecule has 17 heavy (non-hydrogen) atoms. The highest BCUT2D eigenvalue weighted by molar-refractivity contribution is 14.1. The summed E-state index contributed by atoms with van der Waals surface area (Å²) in [6.45, 7) is 2.32. The second-order valence-electron chi connectivity index (χ2n) is 3.17. The molecule has 2 aromatic rings. The molecule has 1 aromatic heterocycles. The molecule has 0 unspecified atom stereocenters. The second kappa shape index (κ2) is 5.83.